The van der Waals surface area contributed by atoms with Gasteiger partial charge in [-0.3, -0.25) is 9.59 Å². The summed E-state index contributed by atoms with van der Waals surface area (Å²) in [6.45, 7) is 3.32. The highest BCUT2D eigenvalue weighted by molar-refractivity contribution is 5.81. The van der Waals surface area contributed by atoms with Crippen molar-refractivity contribution in [3.63, 3.8) is 0 Å². The van der Waals surface area contributed by atoms with Crippen LogP contribution in [0, 0.1) is 0 Å². The van der Waals surface area contributed by atoms with E-state index in [0.29, 0.717) is 11.3 Å². The van der Waals surface area contributed by atoms with Gasteiger partial charge in [-0.15, -0.1) is 0 Å². The van der Waals surface area contributed by atoms with Crippen molar-refractivity contribution in [1.29, 1.82) is 0 Å². The molecule has 1 N–H and O–H groups in total. The summed E-state index contributed by atoms with van der Waals surface area (Å²) in [5.41, 5.74) is 0.663. The molecule has 5 nitrogen and oxygen atoms in total. The lowest BCUT2D eigenvalue weighted by atomic mass is 10.1. The summed E-state index contributed by atoms with van der Waals surface area (Å²) in [7, 11) is 0. The number of aliphatic carboxylic acids is 1. The molecule has 108 valence electrons. The fraction of sp³-hybridized carbons (Fsp3) is 0.467. The number of carbonyl (C=O) groups is 2. The maximum atomic E-state index is 12.1. The van der Waals surface area contributed by atoms with Crippen molar-refractivity contribution in [3.8, 4) is 5.75 Å². The first-order chi connectivity index (χ1) is 9.56. The number of nitrogens with zero attached hydrogens (tertiary/aromatic N) is 1. The van der Waals surface area contributed by atoms with Gasteiger partial charge in [-0.05, 0) is 37.5 Å². The monoisotopic (exact) mass is 277 g/mol. The SMILES string of the molecule is CC(Oc1cccc(CC(=O)O)c1)C(=O)N1CCCC1. The average molecular weight is 277 g/mol. The Kier molecular flexibility index (Phi) is 4.61. The van der Waals surface area contributed by atoms with Gasteiger partial charge < -0.3 is 14.7 Å². The van der Waals surface area contributed by atoms with Crippen molar-refractivity contribution in [1.82, 2.24) is 4.90 Å². The number of rotatable bonds is 5. The summed E-state index contributed by atoms with van der Waals surface area (Å²) in [4.78, 5) is 24.6. The van der Waals surface area contributed by atoms with Crippen LogP contribution in [0.25, 0.3) is 0 Å². The van der Waals surface area contributed by atoms with Crippen LogP contribution < -0.4 is 4.74 Å². The zero-order valence-electron chi connectivity index (χ0n) is 11.5. The average Bonchev–Trinajstić information content (AvgIpc) is 2.91. The molecule has 1 aliphatic rings. The second-order valence-electron chi connectivity index (χ2n) is 5.01. The predicted molar refractivity (Wildman–Crippen MR) is 73.7 cm³/mol. The number of ether oxygens (including phenoxy) is 1. The molecule has 1 heterocycles. The molecule has 1 unspecified atom stereocenters. The minimum atomic E-state index is -0.886. The van der Waals surface area contributed by atoms with Gasteiger partial charge in [0, 0.05) is 13.1 Å². The van der Waals surface area contributed by atoms with Gasteiger partial charge in [-0.2, -0.15) is 0 Å². The number of likely N-dealkylation sites (tertiary alicyclic amines) is 1. The standard InChI is InChI=1S/C15H19NO4/c1-11(15(19)16-7-2-3-8-16)20-13-6-4-5-12(9-13)10-14(17)18/h4-6,9,11H,2-3,7-8,10H2,1H3,(H,17,18). The Bertz CT molecular complexity index is 494. The van der Waals surface area contributed by atoms with Gasteiger partial charge in [-0.1, -0.05) is 12.1 Å². The van der Waals surface area contributed by atoms with Crippen LogP contribution in [0.3, 0.4) is 0 Å². The van der Waals surface area contributed by atoms with E-state index in [1.165, 1.54) is 0 Å². The summed E-state index contributed by atoms with van der Waals surface area (Å²) in [6.07, 6.45) is 1.50. The van der Waals surface area contributed by atoms with Crippen LogP contribution in [-0.4, -0.2) is 41.1 Å². The third-order valence-electron chi connectivity index (χ3n) is 3.33. The van der Waals surface area contributed by atoms with Crippen LogP contribution in [0.4, 0.5) is 0 Å². The Morgan fingerprint density at radius 2 is 2.05 bits per heavy atom. The number of hydrogen-bond donors (Lipinski definition) is 1. The minimum Gasteiger partial charge on any atom is -0.481 e. The Balaban J connectivity index is 1.98. The number of benzene rings is 1. The summed E-state index contributed by atoms with van der Waals surface area (Å²) >= 11 is 0. The van der Waals surface area contributed by atoms with Crippen molar-refractivity contribution in [2.24, 2.45) is 0 Å². The topological polar surface area (TPSA) is 66.8 Å². The van der Waals surface area contributed by atoms with Crippen LogP contribution in [0.1, 0.15) is 25.3 Å². The predicted octanol–water partition coefficient (Wildman–Crippen LogP) is 1.70. The first-order valence-corrected chi connectivity index (χ1v) is 6.82. The van der Waals surface area contributed by atoms with Crippen LogP contribution in [-0.2, 0) is 16.0 Å². The third kappa shape index (κ3) is 3.73. The molecule has 20 heavy (non-hydrogen) atoms. The molecule has 0 aliphatic carbocycles. The van der Waals surface area contributed by atoms with Crippen LogP contribution in [0.2, 0.25) is 0 Å². The molecule has 1 fully saturated rings. The Labute approximate surface area is 118 Å². The number of amides is 1. The Morgan fingerprint density at radius 1 is 1.35 bits per heavy atom. The fourth-order valence-electron chi connectivity index (χ4n) is 2.35. The van der Waals surface area contributed by atoms with Crippen LogP contribution in [0.15, 0.2) is 24.3 Å². The fourth-order valence-corrected chi connectivity index (χ4v) is 2.35. The number of carboxylic acids is 1. The van der Waals surface area contributed by atoms with Crippen LogP contribution in [0.5, 0.6) is 5.75 Å². The van der Waals surface area contributed by atoms with E-state index >= 15 is 0 Å². The highest BCUT2D eigenvalue weighted by atomic mass is 16.5. The van der Waals surface area contributed by atoms with Crippen molar-refractivity contribution in [3.05, 3.63) is 29.8 Å². The first-order valence-electron chi connectivity index (χ1n) is 6.82. The lowest BCUT2D eigenvalue weighted by molar-refractivity contribution is -0.137. The molecule has 1 aromatic rings. The molecule has 2 rings (SSSR count). The molecular formula is C15H19NO4. The van der Waals surface area contributed by atoms with E-state index in [0.717, 1.165) is 25.9 Å². The maximum Gasteiger partial charge on any atom is 0.307 e. The quantitative estimate of drug-likeness (QED) is 0.889. The molecule has 1 amide bonds. The molecule has 0 bridgehead atoms. The Morgan fingerprint density at radius 3 is 2.70 bits per heavy atom. The molecule has 0 radical (unpaired) electrons. The van der Waals surface area contributed by atoms with E-state index in [-0.39, 0.29) is 12.3 Å². The lowest BCUT2D eigenvalue weighted by Crippen LogP contribution is -2.38. The second-order valence-corrected chi connectivity index (χ2v) is 5.01. The molecule has 0 saturated carbocycles. The molecular weight excluding hydrogens is 258 g/mol. The lowest BCUT2D eigenvalue weighted by Gasteiger charge is -2.21. The van der Waals surface area contributed by atoms with E-state index in [9.17, 15) is 9.59 Å². The minimum absolute atomic E-state index is 0.00821. The summed E-state index contributed by atoms with van der Waals surface area (Å²) in [5.74, 6) is -0.363. The molecule has 0 spiro atoms. The largest absolute Gasteiger partial charge is 0.481 e. The number of hydrogen-bond acceptors (Lipinski definition) is 3. The molecule has 1 saturated heterocycles. The molecule has 1 aromatic carbocycles. The van der Waals surface area contributed by atoms with Crippen molar-refractivity contribution in [2.75, 3.05) is 13.1 Å². The third-order valence-corrected chi connectivity index (χ3v) is 3.33. The van der Waals surface area contributed by atoms with Gasteiger partial charge in [0.1, 0.15) is 5.75 Å². The summed E-state index contributed by atoms with van der Waals surface area (Å²) in [5, 5.41) is 8.77. The molecule has 5 heteroatoms. The first kappa shape index (κ1) is 14.4. The van der Waals surface area contributed by atoms with Crippen molar-refractivity contribution < 1.29 is 19.4 Å². The summed E-state index contributed by atoms with van der Waals surface area (Å²) < 4.78 is 5.63. The van der Waals surface area contributed by atoms with Crippen molar-refractivity contribution in [2.45, 2.75) is 32.3 Å². The second kappa shape index (κ2) is 6.41. The molecule has 1 atom stereocenters. The highest BCUT2D eigenvalue weighted by Crippen LogP contribution is 2.17. The number of carbonyl (C=O) groups excluding carboxylic acids is 1. The van der Waals surface area contributed by atoms with E-state index < -0.39 is 12.1 Å². The Hall–Kier alpha value is -2.04. The molecule has 1 aliphatic heterocycles. The molecule has 0 aromatic heterocycles. The summed E-state index contributed by atoms with van der Waals surface area (Å²) in [6, 6.07) is 6.87. The maximum absolute atomic E-state index is 12.1. The van der Waals surface area contributed by atoms with Crippen molar-refractivity contribution >= 4 is 11.9 Å². The van der Waals surface area contributed by atoms with E-state index in [1.807, 2.05) is 4.90 Å². The van der Waals surface area contributed by atoms with Gasteiger partial charge in [0.15, 0.2) is 6.10 Å². The zero-order valence-corrected chi connectivity index (χ0v) is 11.5. The van der Waals surface area contributed by atoms with E-state index in [1.54, 1.807) is 31.2 Å². The van der Waals surface area contributed by atoms with Gasteiger partial charge in [0.2, 0.25) is 0 Å². The van der Waals surface area contributed by atoms with Gasteiger partial charge in [0.05, 0.1) is 6.42 Å². The highest BCUT2D eigenvalue weighted by Gasteiger charge is 2.24. The van der Waals surface area contributed by atoms with Gasteiger partial charge in [0.25, 0.3) is 5.91 Å². The van der Waals surface area contributed by atoms with E-state index in [2.05, 4.69) is 0 Å². The number of carboxylic acid groups (broad SMARTS) is 1. The van der Waals surface area contributed by atoms with Gasteiger partial charge >= 0.3 is 5.97 Å². The smallest absolute Gasteiger partial charge is 0.307 e. The zero-order chi connectivity index (χ0) is 14.5. The van der Waals surface area contributed by atoms with Gasteiger partial charge in [-0.25, -0.2) is 0 Å². The van der Waals surface area contributed by atoms with Crippen LogP contribution >= 0.6 is 0 Å². The van der Waals surface area contributed by atoms with E-state index in [4.69, 9.17) is 9.84 Å². The normalized spacial score (nSPS) is 15.9.